The van der Waals surface area contributed by atoms with Gasteiger partial charge in [-0.1, -0.05) is 23.7 Å². The first-order valence-corrected chi connectivity index (χ1v) is 13.5. The highest BCUT2D eigenvalue weighted by Gasteiger charge is 2.56. The Balaban J connectivity index is 1.40. The third kappa shape index (κ3) is 5.46. The van der Waals surface area contributed by atoms with Crippen LogP contribution in [0.15, 0.2) is 60.9 Å². The Kier molecular flexibility index (Phi) is 8.18. The predicted octanol–water partition coefficient (Wildman–Crippen LogP) is 4.32. The largest absolute Gasteiger partial charge is 0.494 e. The SMILES string of the molecule is COc1cnc(N2CCC(C(=O)[C@@]3(N(C)C(=O)Oc4ccc(F)cc4)CNC[C@H]3c3ccc(Cl)cc3)CC2)nc1. The van der Waals surface area contributed by atoms with Crippen molar-refractivity contribution in [3.63, 3.8) is 0 Å². The Bertz CT molecular complexity index is 1330. The first-order valence-electron chi connectivity index (χ1n) is 13.1. The molecule has 0 saturated carbocycles. The van der Waals surface area contributed by atoms with E-state index in [0.29, 0.717) is 49.2 Å². The van der Waals surface area contributed by atoms with E-state index in [1.807, 2.05) is 17.0 Å². The van der Waals surface area contributed by atoms with Crippen molar-refractivity contribution in [2.75, 3.05) is 45.2 Å². The molecule has 0 spiro atoms. The summed E-state index contributed by atoms with van der Waals surface area (Å²) in [6.45, 7) is 1.97. The van der Waals surface area contributed by atoms with Crippen LogP contribution < -0.4 is 19.7 Å². The second kappa shape index (κ2) is 11.8. The molecule has 1 N–H and O–H groups in total. The molecule has 1 amide bonds. The van der Waals surface area contributed by atoms with Gasteiger partial charge >= 0.3 is 6.09 Å². The predicted molar refractivity (Wildman–Crippen MR) is 149 cm³/mol. The van der Waals surface area contributed by atoms with Gasteiger partial charge in [-0.2, -0.15) is 0 Å². The average Bonchev–Trinajstić information content (AvgIpc) is 3.44. The number of benzene rings is 2. The summed E-state index contributed by atoms with van der Waals surface area (Å²) in [5.74, 6) is 0.287. The molecule has 2 saturated heterocycles. The van der Waals surface area contributed by atoms with E-state index in [2.05, 4.69) is 15.3 Å². The maximum absolute atomic E-state index is 14.5. The van der Waals surface area contributed by atoms with Crippen LogP contribution >= 0.6 is 11.6 Å². The molecule has 2 aliphatic heterocycles. The van der Waals surface area contributed by atoms with Gasteiger partial charge in [0.2, 0.25) is 5.95 Å². The number of methoxy groups -OCH3 is 1. The van der Waals surface area contributed by atoms with E-state index in [9.17, 15) is 14.0 Å². The standard InChI is InChI=1S/C29H31ClFN5O4/c1-35(28(38)40-23-9-7-22(31)8-10-23)29(18-32-17-25(29)19-3-5-21(30)6-4-19)26(37)20-11-13-36(14-12-20)27-33-15-24(39-2)16-34-27/h3-10,15-16,20,25,32H,11-14,17-18H2,1-2H3/t25-,29+/m0/s1. The summed E-state index contributed by atoms with van der Waals surface area (Å²) in [6.07, 6.45) is 3.73. The molecular weight excluding hydrogens is 537 g/mol. The Morgan fingerprint density at radius 1 is 1.05 bits per heavy atom. The number of nitrogens with one attached hydrogen (secondary N) is 1. The fourth-order valence-electron chi connectivity index (χ4n) is 5.67. The lowest BCUT2D eigenvalue weighted by molar-refractivity contribution is -0.134. The maximum atomic E-state index is 14.5. The zero-order valence-electron chi connectivity index (χ0n) is 22.3. The molecule has 0 bridgehead atoms. The monoisotopic (exact) mass is 567 g/mol. The number of carbonyl (C=O) groups excluding carboxylic acids is 2. The Morgan fingerprint density at radius 2 is 1.70 bits per heavy atom. The minimum Gasteiger partial charge on any atom is -0.494 e. The van der Waals surface area contributed by atoms with Gasteiger partial charge in [-0.25, -0.2) is 19.2 Å². The number of ether oxygens (including phenoxy) is 2. The van der Waals surface area contributed by atoms with Crippen molar-refractivity contribution < 1.29 is 23.5 Å². The van der Waals surface area contributed by atoms with Crippen LogP contribution in [0.4, 0.5) is 15.1 Å². The smallest absolute Gasteiger partial charge is 0.415 e. The molecule has 3 heterocycles. The van der Waals surface area contributed by atoms with E-state index in [-0.39, 0.29) is 29.9 Å². The molecule has 3 aromatic rings. The molecular formula is C29H31ClFN5O4. The number of carbonyl (C=O) groups is 2. The van der Waals surface area contributed by atoms with Crippen molar-refractivity contribution in [3.8, 4) is 11.5 Å². The van der Waals surface area contributed by atoms with Gasteiger partial charge in [-0.15, -0.1) is 0 Å². The lowest BCUT2D eigenvalue weighted by Gasteiger charge is -2.44. The number of nitrogens with zero attached hydrogens (tertiary/aromatic N) is 4. The van der Waals surface area contributed by atoms with E-state index < -0.39 is 17.4 Å². The van der Waals surface area contributed by atoms with Gasteiger partial charge < -0.3 is 19.7 Å². The van der Waals surface area contributed by atoms with Gasteiger partial charge in [0.25, 0.3) is 0 Å². The number of hydrogen-bond donors (Lipinski definition) is 1. The van der Waals surface area contributed by atoms with E-state index in [4.69, 9.17) is 21.1 Å². The average molecular weight is 568 g/mol. The minimum absolute atomic E-state index is 0.0219. The lowest BCUT2D eigenvalue weighted by atomic mass is 9.72. The van der Waals surface area contributed by atoms with Gasteiger partial charge in [0.05, 0.1) is 19.5 Å². The molecule has 5 rings (SSSR count). The van der Waals surface area contributed by atoms with Crippen LogP contribution in [0.1, 0.15) is 24.3 Å². The second-order valence-corrected chi connectivity index (χ2v) is 10.5. The topological polar surface area (TPSA) is 96.9 Å². The van der Waals surface area contributed by atoms with Crippen LogP contribution in [-0.4, -0.2) is 72.6 Å². The summed E-state index contributed by atoms with van der Waals surface area (Å²) in [5.41, 5.74) is -0.303. The van der Waals surface area contributed by atoms with Crippen molar-refractivity contribution in [2.45, 2.75) is 24.3 Å². The summed E-state index contributed by atoms with van der Waals surface area (Å²) in [6, 6.07) is 12.6. The molecule has 210 valence electrons. The molecule has 40 heavy (non-hydrogen) atoms. The molecule has 0 aliphatic carbocycles. The highest BCUT2D eigenvalue weighted by molar-refractivity contribution is 6.30. The van der Waals surface area contributed by atoms with Crippen LogP contribution in [0.25, 0.3) is 0 Å². The van der Waals surface area contributed by atoms with E-state index in [1.54, 1.807) is 38.7 Å². The summed E-state index contributed by atoms with van der Waals surface area (Å²) < 4.78 is 24.1. The van der Waals surface area contributed by atoms with E-state index >= 15 is 0 Å². The number of amides is 1. The number of aromatic nitrogens is 2. The number of anilines is 1. The number of Topliss-reactive ketones (excluding diaryl/α,β-unsaturated/α-hetero) is 1. The van der Waals surface area contributed by atoms with Crippen molar-refractivity contribution in [1.82, 2.24) is 20.2 Å². The Hall–Kier alpha value is -3.76. The number of piperidine rings is 1. The highest BCUT2D eigenvalue weighted by atomic mass is 35.5. The first-order chi connectivity index (χ1) is 19.3. The van der Waals surface area contributed by atoms with Crippen molar-refractivity contribution in [1.29, 1.82) is 0 Å². The number of halogens is 2. The van der Waals surface area contributed by atoms with E-state index in [1.165, 1.54) is 29.2 Å². The fourth-order valence-corrected chi connectivity index (χ4v) is 5.80. The summed E-state index contributed by atoms with van der Waals surface area (Å²) in [5, 5.41) is 3.94. The number of rotatable bonds is 7. The van der Waals surface area contributed by atoms with Crippen LogP contribution in [0.3, 0.4) is 0 Å². The number of hydrogen-bond acceptors (Lipinski definition) is 8. The number of likely N-dealkylation sites (N-methyl/N-ethyl adjacent to an activating group) is 1. The van der Waals surface area contributed by atoms with Crippen molar-refractivity contribution in [2.24, 2.45) is 5.92 Å². The molecule has 0 unspecified atom stereocenters. The maximum Gasteiger partial charge on any atom is 0.415 e. The summed E-state index contributed by atoms with van der Waals surface area (Å²) in [7, 11) is 3.16. The van der Waals surface area contributed by atoms with Gasteiger partial charge in [-0.3, -0.25) is 9.69 Å². The molecule has 0 radical (unpaired) electrons. The summed E-state index contributed by atoms with van der Waals surface area (Å²) >= 11 is 6.15. The highest BCUT2D eigenvalue weighted by Crippen LogP contribution is 2.41. The lowest BCUT2D eigenvalue weighted by Crippen LogP contribution is -2.62. The first kappa shape index (κ1) is 27.8. The number of ketones is 1. The molecule has 9 nitrogen and oxygen atoms in total. The van der Waals surface area contributed by atoms with Gasteiger partial charge in [0.1, 0.15) is 17.1 Å². The third-order valence-electron chi connectivity index (χ3n) is 7.91. The second-order valence-electron chi connectivity index (χ2n) is 10.1. The molecule has 2 aliphatic rings. The third-order valence-corrected chi connectivity index (χ3v) is 8.16. The quantitative estimate of drug-likeness (QED) is 0.451. The summed E-state index contributed by atoms with van der Waals surface area (Å²) in [4.78, 5) is 40.2. The van der Waals surface area contributed by atoms with Gasteiger partial charge in [-0.05, 0) is 54.8 Å². The molecule has 2 fully saturated rings. The fraction of sp³-hybridized carbons (Fsp3) is 0.379. The molecule has 1 aromatic heterocycles. The van der Waals surface area contributed by atoms with Crippen molar-refractivity contribution in [3.05, 3.63) is 77.3 Å². The molecule has 2 atom stereocenters. The van der Waals surface area contributed by atoms with Crippen LogP contribution in [0.5, 0.6) is 11.5 Å². The Morgan fingerprint density at radius 3 is 2.33 bits per heavy atom. The minimum atomic E-state index is -1.20. The van der Waals surface area contributed by atoms with Crippen LogP contribution in [-0.2, 0) is 4.79 Å². The van der Waals surface area contributed by atoms with Crippen LogP contribution in [0, 0.1) is 11.7 Å². The normalized spacial score (nSPS) is 21.2. The van der Waals surface area contributed by atoms with Crippen molar-refractivity contribution >= 4 is 29.4 Å². The molecule has 2 aromatic carbocycles. The van der Waals surface area contributed by atoms with E-state index in [0.717, 1.165) is 5.56 Å². The zero-order chi connectivity index (χ0) is 28.3. The Labute approximate surface area is 237 Å². The van der Waals surface area contributed by atoms with Gasteiger partial charge in [0, 0.05) is 50.1 Å². The van der Waals surface area contributed by atoms with Crippen LogP contribution in [0.2, 0.25) is 5.02 Å². The zero-order valence-corrected chi connectivity index (χ0v) is 23.1. The molecule has 11 heteroatoms. The van der Waals surface area contributed by atoms with Gasteiger partial charge in [0.15, 0.2) is 11.5 Å².